The molecule has 1 saturated heterocycles. The van der Waals surface area contributed by atoms with Gasteiger partial charge in [-0.1, -0.05) is 31.2 Å². The van der Waals surface area contributed by atoms with Crippen LogP contribution in [-0.4, -0.2) is 40.0 Å². The Morgan fingerprint density at radius 1 is 1.33 bits per heavy atom. The molecular weight excluding hydrogens is 278 g/mol. The van der Waals surface area contributed by atoms with Gasteiger partial charge in [-0.05, 0) is 18.6 Å². The standard InChI is InChI=1S/C17H23N3S/c1-12-13(2)21-10-9-20(12)16(11-18)15-7-3-5-14-6-4-8-19-17(14)15/h3-8,12-13,16H,9-11,18H2,1-2H3. The number of fused-ring (bicyclic) bond motifs is 1. The summed E-state index contributed by atoms with van der Waals surface area (Å²) in [6.07, 6.45) is 1.87. The summed E-state index contributed by atoms with van der Waals surface area (Å²) in [5.74, 6) is 1.18. The summed E-state index contributed by atoms with van der Waals surface area (Å²) in [6, 6.07) is 11.3. The van der Waals surface area contributed by atoms with Crippen molar-refractivity contribution in [1.29, 1.82) is 0 Å². The van der Waals surface area contributed by atoms with Gasteiger partial charge in [0.2, 0.25) is 0 Å². The highest BCUT2D eigenvalue weighted by molar-refractivity contribution is 8.00. The summed E-state index contributed by atoms with van der Waals surface area (Å²) in [5, 5.41) is 1.84. The van der Waals surface area contributed by atoms with Crippen molar-refractivity contribution in [2.75, 3.05) is 18.8 Å². The zero-order chi connectivity index (χ0) is 14.8. The fraction of sp³-hybridized carbons (Fsp3) is 0.471. The third-order valence-corrected chi connectivity index (χ3v) is 5.92. The van der Waals surface area contributed by atoms with Crippen LogP contribution in [0.25, 0.3) is 10.9 Å². The Balaban J connectivity index is 2.02. The second-order valence-corrected chi connectivity index (χ2v) is 7.21. The monoisotopic (exact) mass is 301 g/mol. The molecule has 4 heteroatoms. The normalized spacial score (nSPS) is 25.1. The van der Waals surface area contributed by atoms with Crippen LogP contribution >= 0.6 is 11.8 Å². The number of hydrogen-bond acceptors (Lipinski definition) is 4. The molecule has 0 radical (unpaired) electrons. The Bertz CT molecular complexity index is 611. The fourth-order valence-electron chi connectivity index (χ4n) is 3.23. The van der Waals surface area contributed by atoms with Gasteiger partial charge in [0.25, 0.3) is 0 Å². The number of thioether (sulfide) groups is 1. The summed E-state index contributed by atoms with van der Waals surface area (Å²) in [4.78, 5) is 7.16. The van der Waals surface area contributed by atoms with E-state index in [1.54, 1.807) is 0 Å². The predicted octanol–water partition coefficient (Wildman–Crippen LogP) is 3.06. The first-order valence-corrected chi connectivity index (χ1v) is 8.68. The minimum atomic E-state index is 0.252. The van der Waals surface area contributed by atoms with Crippen LogP contribution in [0.1, 0.15) is 25.5 Å². The number of nitrogens with two attached hydrogens (primary N) is 1. The van der Waals surface area contributed by atoms with Crippen LogP contribution in [0.5, 0.6) is 0 Å². The van der Waals surface area contributed by atoms with Crippen LogP contribution in [0.15, 0.2) is 36.5 Å². The molecule has 2 N–H and O–H groups in total. The number of hydrogen-bond donors (Lipinski definition) is 1. The maximum absolute atomic E-state index is 6.16. The van der Waals surface area contributed by atoms with Gasteiger partial charge in [0.15, 0.2) is 0 Å². The Morgan fingerprint density at radius 3 is 2.95 bits per heavy atom. The molecule has 1 fully saturated rings. The Kier molecular flexibility index (Phi) is 4.48. The zero-order valence-electron chi connectivity index (χ0n) is 12.7. The predicted molar refractivity (Wildman–Crippen MR) is 91.6 cm³/mol. The first-order chi connectivity index (χ1) is 10.2. The van der Waals surface area contributed by atoms with Gasteiger partial charge < -0.3 is 5.73 Å². The smallest absolute Gasteiger partial charge is 0.0750 e. The van der Waals surface area contributed by atoms with Crippen LogP contribution in [0.4, 0.5) is 0 Å². The highest BCUT2D eigenvalue weighted by atomic mass is 32.2. The summed E-state index contributed by atoms with van der Waals surface area (Å²) in [5.41, 5.74) is 8.51. The summed E-state index contributed by atoms with van der Waals surface area (Å²) in [6.45, 7) is 6.37. The highest BCUT2D eigenvalue weighted by Gasteiger charge is 2.31. The van der Waals surface area contributed by atoms with Crippen molar-refractivity contribution >= 4 is 22.7 Å². The average Bonchev–Trinajstić information content (AvgIpc) is 2.52. The molecule has 1 aromatic heterocycles. The molecule has 3 nitrogen and oxygen atoms in total. The lowest BCUT2D eigenvalue weighted by Gasteiger charge is -2.42. The molecule has 21 heavy (non-hydrogen) atoms. The molecule has 1 aliphatic heterocycles. The van der Waals surface area contributed by atoms with E-state index in [9.17, 15) is 0 Å². The van der Waals surface area contributed by atoms with Gasteiger partial charge in [0, 0.05) is 47.8 Å². The molecule has 0 saturated carbocycles. The second kappa shape index (κ2) is 6.34. The van der Waals surface area contributed by atoms with E-state index < -0.39 is 0 Å². The molecule has 0 spiro atoms. The first kappa shape index (κ1) is 14.8. The third kappa shape index (κ3) is 2.80. The number of pyridine rings is 1. The Labute approximate surface area is 130 Å². The quantitative estimate of drug-likeness (QED) is 0.946. The molecule has 0 bridgehead atoms. The van der Waals surface area contributed by atoms with Crippen molar-refractivity contribution < 1.29 is 0 Å². The average molecular weight is 301 g/mol. The molecule has 3 rings (SSSR count). The van der Waals surface area contributed by atoms with E-state index >= 15 is 0 Å². The van der Waals surface area contributed by atoms with Crippen molar-refractivity contribution in [2.24, 2.45) is 5.73 Å². The number of nitrogens with zero attached hydrogens (tertiary/aromatic N) is 2. The third-order valence-electron chi connectivity index (χ3n) is 4.58. The van der Waals surface area contributed by atoms with E-state index in [4.69, 9.17) is 5.73 Å². The van der Waals surface area contributed by atoms with Crippen molar-refractivity contribution in [3.8, 4) is 0 Å². The molecular formula is C17H23N3S. The minimum Gasteiger partial charge on any atom is -0.329 e. The lowest BCUT2D eigenvalue weighted by molar-refractivity contribution is 0.151. The van der Waals surface area contributed by atoms with E-state index in [1.807, 2.05) is 12.3 Å². The lowest BCUT2D eigenvalue weighted by Crippen LogP contribution is -2.48. The van der Waals surface area contributed by atoms with Gasteiger partial charge >= 0.3 is 0 Å². The largest absolute Gasteiger partial charge is 0.329 e. The van der Waals surface area contributed by atoms with Crippen LogP contribution in [0.2, 0.25) is 0 Å². The highest BCUT2D eigenvalue weighted by Crippen LogP contribution is 2.33. The number of para-hydroxylation sites is 1. The summed E-state index contributed by atoms with van der Waals surface area (Å²) < 4.78 is 0. The van der Waals surface area contributed by atoms with Gasteiger partial charge in [-0.25, -0.2) is 0 Å². The van der Waals surface area contributed by atoms with Gasteiger partial charge in [-0.3, -0.25) is 9.88 Å². The van der Waals surface area contributed by atoms with Gasteiger partial charge in [-0.15, -0.1) is 0 Å². The van der Waals surface area contributed by atoms with Crippen molar-refractivity contribution in [2.45, 2.75) is 31.2 Å². The first-order valence-electron chi connectivity index (χ1n) is 7.63. The van der Waals surface area contributed by atoms with Crippen molar-refractivity contribution in [1.82, 2.24) is 9.88 Å². The van der Waals surface area contributed by atoms with E-state index in [0.29, 0.717) is 17.8 Å². The fourth-order valence-corrected chi connectivity index (χ4v) is 4.36. The van der Waals surface area contributed by atoms with E-state index in [2.05, 4.69) is 59.8 Å². The van der Waals surface area contributed by atoms with E-state index in [-0.39, 0.29) is 6.04 Å². The van der Waals surface area contributed by atoms with Crippen LogP contribution in [0.3, 0.4) is 0 Å². The van der Waals surface area contributed by atoms with Crippen molar-refractivity contribution in [3.05, 3.63) is 42.1 Å². The van der Waals surface area contributed by atoms with Crippen LogP contribution in [-0.2, 0) is 0 Å². The van der Waals surface area contributed by atoms with Crippen LogP contribution < -0.4 is 5.73 Å². The molecule has 0 amide bonds. The molecule has 3 atom stereocenters. The lowest BCUT2D eigenvalue weighted by atomic mass is 9.99. The summed E-state index contributed by atoms with van der Waals surface area (Å²) >= 11 is 2.06. The molecule has 1 aliphatic rings. The Hall–Kier alpha value is -1.10. The summed E-state index contributed by atoms with van der Waals surface area (Å²) in [7, 11) is 0. The van der Waals surface area contributed by atoms with Gasteiger partial charge in [-0.2, -0.15) is 11.8 Å². The molecule has 3 unspecified atom stereocenters. The Morgan fingerprint density at radius 2 is 2.14 bits per heavy atom. The van der Waals surface area contributed by atoms with Crippen LogP contribution in [0, 0.1) is 0 Å². The molecule has 112 valence electrons. The number of rotatable bonds is 3. The van der Waals surface area contributed by atoms with Gasteiger partial charge in [0.1, 0.15) is 0 Å². The van der Waals surface area contributed by atoms with Gasteiger partial charge in [0.05, 0.1) is 5.52 Å². The molecule has 0 aliphatic carbocycles. The number of aromatic nitrogens is 1. The molecule has 2 aromatic rings. The second-order valence-electron chi connectivity index (χ2n) is 5.73. The maximum atomic E-state index is 6.16. The number of benzene rings is 1. The van der Waals surface area contributed by atoms with E-state index in [1.165, 1.54) is 16.7 Å². The zero-order valence-corrected chi connectivity index (χ0v) is 13.5. The molecule has 1 aromatic carbocycles. The SMILES string of the molecule is CC1SCCN(C(CN)c2cccc3cccnc23)C1C. The topological polar surface area (TPSA) is 42.1 Å². The molecule has 2 heterocycles. The van der Waals surface area contributed by atoms with Crippen molar-refractivity contribution in [3.63, 3.8) is 0 Å². The maximum Gasteiger partial charge on any atom is 0.0750 e. The van der Waals surface area contributed by atoms with E-state index in [0.717, 1.165) is 12.1 Å². The minimum absolute atomic E-state index is 0.252.